The molecule has 2 heterocycles. The number of nitrogens with zero attached hydrogens (tertiary/aromatic N) is 2. The highest BCUT2D eigenvalue weighted by Gasteiger charge is 2.36. The normalized spacial score (nSPS) is 38.5. The van der Waals surface area contributed by atoms with Crippen LogP contribution in [0.5, 0.6) is 0 Å². The van der Waals surface area contributed by atoms with E-state index in [4.69, 9.17) is 9.84 Å². The van der Waals surface area contributed by atoms with Gasteiger partial charge in [0.25, 0.3) is 0 Å². The number of piperazine rings is 1. The zero-order chi connectivity index (χ0) is 13.9. The molecule has 5 nitrogen and oxygen atoms in total. The van der Waals surface area contributed by atoms with Crippen LogP contribution in [-0.4, -0.2) is 83.7 Å². The second kappa shape index (κ2) is 6.50. The molecule has 2 rings (SSSR count). The van der Waals surface area contributed by atoms with Crippen molar-refractivity contribution in [1.29, 1.82) is 0 Å². The number of ether oxygens (including phenoxy) is 1. The summed E-state index contributed by atoms with van der Waals surface area (Å²) in [6.45, 7) is 9.19. The molecule has 0 aromatic carbocycles. The minimum Gasteiger partial charge on any atom is -0.395 e. The molecular formula is C14H28N2O3. The Bertz CT molecular complexity index is 270. The Labute approximate surface area is 116 Å². The van der Waals surface area contributed by atoms with Crippen LogP contribution in [0.25, 0.3) is 0 Å². The molecule has 0 spiro atoms. The van der Waals surface area contributed by atoms with Crippen LogP contribution in [0.2, 0.25) is 0 Å². The first-order chi connectivity index (χ1) is 9.04. The van der Waals surface area contributed by atoms with Gasteiger partial charge in [-0.1, -0.05) is 0 Å². The molecule has 0 aromatic heterocycles. The fourth-order valence-corrected chi connectivity index (χ4v) is 3.53. The molecule has 0 bridgehead atoms. The van der Waals surface area contributed by atoms with Gasteiger partial charge >= 0.3 is 0 Å². The van der Waals surface area contributed by atoms with E-state index in [0.29, 0.717) is 25.2 Å². The fraction of sp³-hybridized carbons (Fsp3) is 1.00. The predicted molar refractivity (Wildman–Crippen MR) is 74.2 cm³/mol. The van der Waals surface area contributed by atoms with Crippen LogP contribution in [-0.2, 0) is 4.74 Å². The molecule has 2 saturated heterocycles. The molecule has 112 valence electrons. The minimum absolute atomic E-state index is 0.215. The molecule has 0 amide bonds. The number of aliphatic hydroxyl groups excluding tert-OH is 1. The number of β-amino-alcohol motifs (C(OH)–C–C–N with tert-alkyl or cyclic N) is 2. The van der Waals surface area contributed by atoms with Gasteiger partial charge in [-0.2, -0.15) is 0 Å². The second-order valence-electron chi connectivity index (χ2n) is 6.23. The lowest BCUT2D eigenvalue weighted by atomic mass is 9.95. The Morgan fingerprint density at radius 1 is 1.26 bits per heavy atom. The van der Waals surface area contributed by atoms with Gasteiger partial charge in [0.05, 0.1) is 13.2 Å². The van der Waals surface area contributed by atoms with Crippen LogP contribution >= 0.6 is 0 Å². The largest absolute Gasteiger partial charge is 0.395 e. The van der Waals surface area contributed by atoms with Gasteiger partial charge in [-0.15, -0.1) is 0 Å². The van der Waals surface area contributed by atoms with Gasteiger partial charge in [-0.3, -0.25) is 9.80 Å². The van der Waals surface area contributed by atoms with Crippen molar-refractivity contribution in [2.45, 2.75) is 44.4 Å². The summed E-state index contributed by atoms with van der Waals surface area (Å²) in [5.41, 5.74) is -0.670. The molecule has 19 heavy (non-hydrogen) atoms. The molecule has 3 atom stereocenters. The Balaban J connectivity index is 1.89. The second-order valence-corrected chi connectivity index (χ2v) is 6.23. The average Bonchev–Trinajstić information content (AvgIpc) is 2.34. The van der Waals surface area contributed by atoms with Crippen LogP contribution in [0.1, 0.15) is 26.7 Å². The van der Waals surface area contributed by atoms with Crippen molar-refractivity contribution in [2.75, 3.05) is 46.0 Å². The number of hydrogen-bond donors (Lipinski definition) is 2. The number of aliphatic hydroxyl groups is 2. The molecule has 1 unspecified atom stereocenters. The van der Waals surface area contributed by atoms with Gasteiger partial charge in [0.2, 0.25) is 0 Å². The number of hydrogen-bond acceptors (Lipinski definition) is 5. The predicted octanol–water partition coefficient (Wildman–Crippen LogP) is -0.0852. The van der Waals surface area contributed by atoms with Crippen molar-refractivity contribution in [3.63, 3.8) is 0 Å². The van der Waals surface area contributed by atoms with Gasteiger partial charge in [0.1, 0.15) is 5.60 Å². The Morgan fingerprint density at radius 3 is 2.47 bits per heavy atom. The lowest BCUT2D eigenvalue weighted by Gasteiger charge is -2.47. The van der Waals surface area contributed by atoms with Gasteiger partial charge in [-0.05, 0) is 26.7 Å². The molecule has 0 saturated carbocycles. The molecule has 2 aliphatic rings. The SMILES string of the molecule is C[C@@H]1CN(CC2(O)CCCOC2)C[C@H](C)N1CCO. The van der Waals surface area contributed by atoms with Crippen LogP contribution in [0.4, 0.5) is 0 Å². The van der Waals surface area contributed by atoms with Gasteiger partial charge < -0.3 is 14.9 Å². The Hall–Kier alpha value is -0.200. The standard InChI is InChI=1S/C14H28N2O3/c1-12-8-15(9-13(2)16(12)5-6-17)10-14(18)4-3-7-19-11-14/h12-13,17-18H,3-11H2,1-2H3/t12-,13+,14?. The maximum atomic E-state index is 10.5. The highest BCUT2D eigenvalue weighted by Crippen LogP contribution is 2.23. The zero-order valence-corrected chi connectivity index (χ0v) is 12.2. The first-order valence-corrected chi connectivity index (χ1v) is 7.43. The highest BCUT2D eigenvalue weighted by atomic mass is 16.5. The topological polar surface area (TPSA) is 56.2 Å². The minimum atomic E-state index is -0.670. The molecule has 2 aliphatic heterocycles. The van der Waals surface area contributed by atoms with Crippen molar-refractivity contribution in [3.8, 4) is 0 Å². The van der Waals surface area contributed by atoms with E-state index in [1.54, 1.807) is 0 Å². The summed E-state index contributed by atoms with van der Waals surface area (Å²) < 4.78 is 5.42. The Kier molecular flexibility index (Phi) is 5.20. The lowest BCUT2D eigenvalue weighted by Crippen LogP contribution is -2.60. The summed E-state index contributed by atoms with van der Waals surface area (Å²) in [5, 5.41) is 19.7. The van der Waals surface area contributed by atoms with Crippen LogP contribution in [0.3, 0.4) is 0 Å². The van der Waals surface area contributed by atoms with E-state index in [9.17, 15) is 5.11 Å². The fourth-order valence-electron chi connectivity index (χ4n) is 3.53. The van der Waals surface area contributed by atoms with E-state index in [-0.39, 0.29) is 6.61 Å². The van der Waals surface area contributed by atoms with E-state index >= 15 is 0 Å². The lowest BCUT2D eigenvalue weighted by molar-refractivity contribution is -0.110. The van der Waals surface area contributed by atoms with Crippen LogP contribution in [0.15, 0.2) is 0 Å². The average molecular weight is 272 g/mol. The maximum absolute atomic E-state index is 10.5. The quantitative estimate of drug-likeness (QED) is 0.749. The van der Waals surface area contributed by atoms with Gasteiger partial charge in [-0.25, -0.2) is 0 Å². The monoisotopic (exact) mass is 272 g/mol. The summed E-state index contributed by atoms with van der Waals surface area (Å²) in [6, 6.07) is 0.841. The molecular weight excluding hydrogens is 244 g/mol. The van der Waals surface area contributed by atoms with E-state index in [2.05, 4.69) is 23.6 Å². The highest BCUT2D eigenvalue weighted by molar-refractivity contribution is 4.90. The summed E-state index contributed by atoms with van der Waals surface area (Å²) in [4.78, 5) is 4.69. The van der Waals surface area contributed by atoms with Crippen LogP contribution in [0, 0.1) is 0 Å². The molecule has 2 N–H and O–H groups in total. The third-order valence-electron chi connectivity index (χ3n) is 4.35. The Morgan fingerprint density at radius 2 is 1.95 bits per heavy atom. The van der Waals surface area contributed by atoms with Crippen molar-refractivity contribution >= 4 is 0 Å². The van der Waals surface area contributed by atoms with E-state index in [1.165, 1.54) is 0 Å². The molecule has 2 fully saturated rings. The summed E-state index contributed by atoms with van der Waals surface area (Å²) in [5.74, 6) is 0. The van der Waals surface area contributed by atoms with Crippen LogP contribution < -0.4 is 0 Å². The van der Waals surface area contributed by atoms with E-state index in [1.807, 2.05) is 0 Å². The van der Waals surface area contributed by atoms with Gasteiger partial charge in [0.15, 0.2) is 0 Å². The summed E-state index contributed by atoms with van der Waals surface area (Å²) in [7, 11) is 0. The number of rotatable bonds is 4. The smallest absolute Gasteiger partial charge is 0.101 e. The maximum Gasteiger partial charge on any atom is 0.101 e. The third kappa shape index (κ3) is 3.89. The van der Waals surface area contributed by atoms with Crippen molar-refractivity contribution < 1.29 is 14.9 Å². The first-order valence-electron chi connectivity index (χ1n) is 7.43. The molecule has 0 aliphatic carbocycles. The van der Waals surface area contributed by atoms with Crippen molar-refractivity contribution in [2.24, 2.45) is 0 Å². The summed E-state index contributed by atoms with van der Waals surface area (Å²) in [6.07, 6.45) is 1.79. The first kappa shape index (κ1) is 15.2. The summed E-state index contributed by atoms with van der Waals surface area (Å²) >= 11 is 0. The van der Waals surface area contributed by atoms with Crippen molar-refractivity contribution in [1.82, 2.24) is 9.80 Å². The van der Waals surface area contributed by atoms with E-state index < -0.39 is 5.60 Å². The molecule has 0 radical (unpaired) electrons. The van der Waals surface area contributed by atoms with E-state index in [0.717, 1.165) is 39.1 Å². The molecule has 5 heteroatoms. The molecule has 0 aromatic rings. The van der Waals surface area contributed by atoms with Crippen molar-refractivity contribution in [3.05, 3.63) is 0 Å². The van der Waals surface area contributed by atoms with Gasteiger partial charge in [0, 0.05) is 44.9 Å². The zero-order valence-electron chi connectivity index (χ0n) is 12.2. The third-order valence-corrected chi connectivity index (χ3v) is 4.35.